The summed E-state index contributed by atoms with van der Waals surface area (Å²) in [5, 5.41) is 9.62. The van der Waals surface area contributed by atoms with Crippen LogP contribution in [0.25, 0.3) is 0 Å². The zero-order valence-electron chi connectivity index (χ0n) is 12.6. The largest absolute Gasteiger partial charge is 0.480 e. The Morgan fingerprint density at radius 1 is 1.16 bits per heavy atom. The molecule has 4 nitrogen and oxygen atoms in total. The fourth-order valence-corrected chi connectivity index (χ4v) is 3.49. The van der Waals surface area contributed by atoms with Crippen LogP contribution in [-0.2, 0) is 4.79 Å². The Kier molecular flexibility index (Phi) is 4.51. The first kappa shape index (κ1) is 14.8. The molecule has 0 bridgehead atoms. The molecule has 0 aromatic heterocycles. The maximum atomic E-state index is 11.7. The zero-order chi connectivity index (χ0) is 14.0. The van der Waals surface area contributed by atoms with Crippen molar-refractivity contribution < 1.29 is 9.90 Å². The van der Waals surface area contributed by atoms with Gasteiger partial charge in [-0.05, 0) is 44.1 Å². The lowest BCUT2D eigenvalue weighted by Crippen LogP contribution is -2.54. The standard InChI is InChI=1S/C15H28N2O2/c1-15(2)6-4-12(5-7-15)13(14(18)19)17-10-8-16(3)9-11-17/h12-13H,4-11H2,1-3H3,(H,18,19)/t13-/m1/s1. The quantitative estimate of drug-likeness (QED) is 0.849. The lowest BCUT2D eigenvalue weighted by atomic mass is 9.71. The molecule has 2 aliphatic rings. The number of carbonyl (C=O) groups is 1. The number of carboxylic acid groups (broad SMARTS) is 1. The van der Waals surface area contributed by atoms with Crippen molar-refractivity contribution >= 4 is 5.97 Å². The Morgan fingerprint density at radius 3 is 2.16 bits per heavy atom. The first-order chi connectivity index (χ1) is 8.89. The van der Waals surface area contributed by atoms with E-state index >= 15 is 0 Å². The molecule has 1 aliphatic carbocycles. The predicted molar refractivity (Wildman–Crippen MR) is 76.2 cm³/mol. The molecule has 1 aliphatic heterocycles. The van der Waals surface area contributed by atoms with Gasteiger partial charge in [0.05, 0.1) is 0 Å². The van der Waals surface area contributed by atoms with Gasteiger partial charge < -0.3 is 10.0 Å². The number of rotatable bonds is 3. The molecule has 0 spiro atoms. The van der Waals surface area contributed by atoms with E-state index in [0.717, 1.165) is 51.9 Å². The first-order valence-electron chi connectivity index (χ1n) is 7.54. The van der Waals surface area contributed by atoms with Crippen LogP contribution in [0, 0.1) is 11.3 Å². The second-order valence-electron chi connectivity index (χ2n) is 7.12. The lowest BCUT2D eigenvalue weighted by Gasteiger charge is -2.43. The van der Waals surface area contributed by atoms with Gasteiger partial charge in [0.2, 0.25) is 0 Å². The monoisotopic (exact) mass is 268 g/mol. The number of hydrogen-bond acceptors (Lipinski definition) is 3. The first-order valence-corrected chi connectivity index (χ1v) is 7.54. The van der Waals surface area contributed by atoms with Gasteiger partial charge in [-0.1, -0.05) is 13.8 Å². The van der Waals surface area contributed by atoms with Crippen LogP contribution in [0.4, 0.5) is 0 Å². The predicted octanol–water partition coefficient (Wildman–Crippen LogP) is 1.90. The molecule has 2 rings (SSSR count). The van der Waals surface area contributed by atoms with E-state index in [-0.39, 0.29) is 6.04 Å². The second kappa shape index (κ2) is 5.80. The Bertz CT molecular complexity index is 312. The highest BCUT2D eigenvalue weighted by atomic mass is 16.4. The van der Waals surface area contributed by atoms with Crippen LogP contribution in [-0.4, -0.2) is 60.1 Å². The van der Waals surface area contributed by atoms with Crippen molar-refractivity contribution in [3.05, 3.63) is 0 Å². The molecule has 19 heavy (non-hydrogen) atoms. The molecular weight excluding hydrogens is 240 g/mol. The third-order valence-corrected chi connectivity index (χ3v) is 5.01. The third kappa shape index (κ3) is 3.69. The molecule has 0 amide bonds. The van der Waals surface area contributed by atoms with Crippen LogP contribution in [0.3, 0.4) is 0 Å². The van der Waals surface area contributed by atoms with E-state index in [9.17, 15) is 9.90 Å². The Morgan fingerprint density at radius 2 is 1.68 bits per heavy atom. The summed E-state index contributed by atoms with van der Waals surface area (Å²) in [4.78, 5) is 16.2. The average molecular weight is 268 g/mol. The van der Waals surface area contributed by atoms with Gasteiger partial charge in [0.15, 0.2) is 0 Å². The van der Waals surface area contributed by atoms with Gasteiger partial charge in [-0.3, -0.25) is 9.69 Å². The Hall–Kier alpha value is -0.610. The van der Waals surface area contributed by atoms with Gasteiger partial charge in [-0.2, -0.15) is 0 Å². The highest BCUT2D eigenvalue weighted by molar-refractivity contribution is 5.74. The minimum absolute atomic E-state index is 0.259. The summed E-state index contributed by atoms with van der Waals surface area (Å²) in [6, 6.07) is -0.259. The molecular formula is C15H28N2O2. The van der Waals surface area contributed by atoms with Crippen LogP contribution < -0.4 is 0 Å². The summed E-state index contributed by atoms with van der Waals surface area (Å²) in [6.45, 7) is 8.37. The van der Waals surface area contributed by atoms with Crippen LogP contribution in [0.15, 0.2) is 0 Å². The molecule has 0 unspecified atom stereocenters. The fourth-order valence-electron chi connectivity index (χ4n) is 3.49. The average Bonchev–Trinajstić information content (AvgIpc) is 2.33. The van der Waals surface area contributed by atoms with E-state index in [1.54, 1.807) is 0 Å². The number of piperazine rings is 1. The number of nitrogens with zero attached hydrogens (tertiary/aromatic N) is 2. The highest BCUT2D eigenvalue weighted by Gasteiger charge is 2.38. The maximum absolute atomic E-state index is 11.7. The van der Waals surface area contributed by atoms with Crippen molar-refractivity contribution in [3.63, 3.8) is 0 Å². The molecule has 2 fully saturated rings. The molecule has 0 aromatic rings. The molecule has 1 heterocycles. The van der Waals surface area contributed by atoms with E-state index in [1.165, 1.54) is 0 Å². The van der Waals surface area contributed by atoms with Gasteiger partial charge in [-0.25, -0.2) is 0 Å². The van der Waals surface area contributed by atoms with Crippen molar-refractivity contribution in [1.82, 2.24) is 9.80 Å². The molecule has 0 radical (unpaired) electrons. The SMILES string of the molecule is CN1CCN([C@@H](C(=O)O)C2CCC(C)(C)CC2)CC1. The topological polar surface area (TPSA) is 43.8 Å². The Balaban J connectivity index is 1.99. The summed E-state index contributed by atoms with van der Waals surface area (Å²) in [7, 11) is 2.11. The lowest BCUT2D eigenvalue weighted by molar-refractivity contribution is -0.147. The smallest absolute Gasteiger partial charge is 0.321 e. The summed E-state index contributed by atoms with van der Waals surface area (Å²) in [5.41, 5.74) is 0.404. The molecule has 110 valence electrons. The van der Waals surface area contributed by atoms with Gasteiger partial charge in [0, 0.05) is 26.2 Å². The molecule has 4 heteroatoms. The van der Waals surface area contributed by atoms with Crippen molar-refractivity contribution in [2.24, 2.45) is 11.3 Å². The van der Waals surface area contributed by atoms with Gasteiger partial charge in [-0.15, -0.1) is 0 Å². The van der Waals surface area contributed by atoms with Gasteiger partial charge in [0.1, 0.15) is 6.04 Å². The zero-order valence-corrected chi connectivity index (χ0v) is 12.6. The van der Waals surface area contributed by atoms with Crippen molar-refractivity contribution in [3.8, 4) is 0 Å². The van der Waals surface area contributed by atoms with Crippen LogP contribution in [0.2, 0.25) is 0 Å². The van der Waals surface area contributed by atoms with Crippen LogP contribution in [0.1, 0.15) is 39.5 Å². The van der Waals surface area contributed by atoms with E-state index < -0.39 is 5.97 Å². The van der Waals surface area contributed by atoms with E-state index in [4.69, 9.17) is 0 Å². The summed E-state index contributed by atoms with van der Waals surface area (Å²) in [5.74, 6) is -0.275. The molecule has 1 saturated carbocycles. The van der Waals surface area contributed by atoms with Crippen molar-refractivity contribution in [2.75, 3.05) is 33.2 Å². The summed E-state index contributed by atoms with van der Waals surface area (Å²) >= 11 is 0. The van der Waals surface area contributed by atoms with Crippen LogP contribution >= 0.6 is 0 Å². The number of hydrogen-bond donors (Lipinski definition) is 1. The molecule has 1 N–H and O–H groups in total. The summed E-state index contributed by atoms with van der Waals surface area (Å²) < 4.78 is 0. The summed E-state index contributed by atoms with van der Waals surface area (Å²) in [6.07, 6.45) is 4.46. The minimum atomic E-state index is -0.616. The van der Waals surface area contributed by atoms with Crippen molar-refractivity contribution in [1.29, 1.82) is 0 Å². The fraction of sp³-hybridized carbons (Fsp3) is 0.933. The molecule has 1 atom stereocenters. The highest BCUT2D eigenvalue weighted by Crippen LogP contribution is 2.40. The van der Waals surface area contributed by atoms with Crippen LogP contribution in [0.5, 0.6) is 0 Å². The van der Waals surface area contributed by atoms with Crippen molar-refractivity contribution in [2.45, 2.75) is 45.6 Å². The van der Waals surface area contributed by atoms with E-state index in [0.29, 0.717) is 11.3 Å². The number of likely N-dealkylation sites (N-methyl/N-ethyl adjacent to an activating group) is 1. The minimum Gasteiger partial charge on any atom is -0.480 e. The normalized spacial score (nSPS) is 28.2. The third-order valence-electron chi connectivity index (χ3n) is 5.01. The Labute approximate surface area is 116 Å². The van der Waals surface area contributed by atoms with Gasteiger partial charge >= 0.3 is 5.97 Å². The number of aliphatic carboxylic acids is 1. The molecule has 1 saturated heterocycles. The maximum Gasteiger partial charge on any atom is 0.321 e. The second-order valence-corrected chi connectivity index (χ2v) is 7.12. The van der Waals surface area contributed by atoms with E-state index in [1.807, 2.05) is 0 Å². The van der Waals surface area contributed by atoms with E-state index in [2.05, 4.69) is 30.7 Å². The number of carboxylic acids is 1. The van der Waals surface area contributed by atoms with Gasteiger partial charge in [0.25, 0.3) is 0 Å². The molecule has 0 aromatic carbocycles.